The van der Waals surface area contributed by atoms with Crippen LogP contribution in [0.4, 0.5) is 11.5 Å². The summed E-state index contributed by atoms with van der Waals surface area (Å²) in [6, 6.07) is 19.9. The molecular weight excluding hydrogens is 404 g/mol. The summed E-state index contributed by atoms with van der Waals surface area (Å²) in [5.41, 5.74) is 2.89. The Kier molecular flexibility index (Phi) is 7.29. The van der Waals surface area contributed by atoms with Crippen molar-refractivity contribution < 1.29 is 9.72 Å². The average molecular weight is 428 g/mol. The Balaban J connectivity index is 1.92. The van der Waals surface area contributed by atoms with E-state index in [-0.39, 0.29) is 30.4 Å². The van der Waals surface area contributed by atoms with Crippen LogP contribution in [0.15, 0.2) is 66.9 Å². The molecule has 0 saturated carbocycles. The van der Waals surface area contributed by atoms with E-state index in [1.54, 1.807) is 6.07 Å². The molecular formula is C25H24N4O3. The predicted molar refractivity (Wildman–Crippen MR) is 123 cm³/mol. The summed E-state index contributed by atoms with van der Waals surface area (Å²) in [5, 5.41) is 20.9. The summed E-state index contributed by atoms with van der Waals surface area (Å²) >= 11 is 0. The van der Waals surface area contributed by atoms with Crippen LogP contribution < -0.4 is 4.90 Å². The van der Waals surface area contributed by atoms with Crippen LogP contribution in [0.25, 0.3) is 11.1 Å². The van der Waals surface area contributed by atoms with E-state index in [1.807, 2.05) is 56.3 Å². The SMILES string of the molecule is CC(C)CCC(=O)N(Cc1ccc(-c2ccccc2C#N)cc1)c1ncccc1[N+](=O)[O-]. The molecule has 0 aliphatic carbocycles. The Morgan fingerprint density at radius 2 is 1.84 bits per heavy atom. The summed E-state index contributed by atoms with van der Waals surface area (Å²) in [4.78, 5) is 29.6. The smallest absolute Gasteiger partial charge is 0.287 e. The molecule has 32 heavy (non-hydrogen) atoms. The van der Waals surface area contributed by atoms with Gasteiger partial charge in [-0.25, -0.2) is 4.98 Å². The molecule has 0 spiro atoms. The predicted octanol–water partition coefficient (Wildman–Crippen LogP) is 5.50. The number of nitriles is 1. The van der Waals surface area contributed by atoms with Crippen LogP contribution >= 0.6 is 0 Å². The molecule has 0 aliphatic heterocycles. The topological polar surface area (TPSA) is 100 Å². The van der Waals surface area contributed by atoms with Crippen molar-refractivity contribution in [2.75, 3.05) is 4.90 Å². The quantitative estimate of drug-likeness (QED) is 0.348. The Bertz CT molecular complexity index is 1150. The van der Waals surface area contributed by atoms with Gasteiger partial charge in [0.25, 0.3) is 0 Å². The fourth-order valence-corrected chi connectivity index (χ4v) is 3.37. The van der Waals surface area contributed by atoms with Gasteiger partial charge in [0.05, 0.1) is 23.1 Å². The lowest BCUT2D eigenvalue weighted by molar-refractivity contribution is -0.384. The Morgan fingerprint density at radius 1 is 1.12 bits per heavy atom. The Hall–Kier alpha value is -4.05. The number of nitrogens with zero attached hydrogens (tertiary/aromatic N) is 4. The maximum atomic E-state index is 13.0. The molecule has 0 bridgehead atoms. The molecule has 1 heterocycles. The number of pyridine rings is 1. The fourth-order valence-electron chi connectivity index (χ4n) is 3.37. The highest BCUT2D eigenvalue weighted by Gasteiger charge is 2.26. The molecule has 0 atom stereocenters. The van der Waals surface area contributed by atoms with E-state index in [2.05, 4.69) is 11.1 Å². The van der Waals surface area contributed by atoms with Crippen molar-refractivity contribution in [3.8, 4) is 17.2 Å². The molecule has 0 radical (unpaired) electrons. The molecule has 7 heteroatoms. The van der Waals surface area contributed by atoms with E-state index in [0.717, 1.165) is 16.7 Å². The van der Waals surface area contributed by atoms with E-state index in [0.29, 0.717) is 17.9 Å². The Labute approximate surface area is 187 Å². The maximum absolute atomic E-state index is 13.0. The largest absolute Gasteiger partial charge is 0.312 e. The standard InChI is InChI=1S/C25H24N4O3/c1-18(2)9-14-24(30)28(25-23(29(31)32)8-5-15-27-25)17-19-10-12-20(13-11-19)22-7-4-3-6-21(22)16-26/h3-8,10-13,15,18H,9,14,17H2,1-2H3. The fraction of sp³-hybridized carbons (Fsp3) is 0.240. The van der Waals surface area contributed by atoms with Crippen molar-refractivity contribution in [2.45, 2.75) is 33.2 Å². The van der Waals surface area contributed by atoms with Gasteiger partial charge in [-0.05, 0) is 41.2 Å². The zero-order chi connectivity index (χ0) is 23.1. The summed E-state index contributed by atoms with van der Waals surface area (Å²) in [6.07, 6.45) is 2.41. The highest BCUT2D eigenvalue weighted by atomic mass is 16.6. The van der Waals surface area contributed by atoms with E-state index in [1.165, 1.54) is 23.2 Å². The Morgan fingerprint density at radius 3 is 2.50 bits per heavy atom. The molecule has 3 rings (SSSR count). The summed E-state index contributed by atoms with van der Waals surface area (Å²) in [7, 11) is 0. The molecule has 1 aromatic heterocycles. The van der Waals surface area contributed by atoms with Crippen LogP contribution in [0.5, 0.6) is 0 Å². The molecule has 1 amide bonds. The van der Waals surface area contributed by atoms with Gasteiger partial charge < -0.3 is 0 Å². The van der Waals surface area contributed by atoms with Crippen molar-refractivity contribution in [3.63, 3.8) is 0 Å². The van der Waals surface area contributed by atoms with Gasteiger partial charge in [0.1, 0.15) is 0 Å². The molecule has 3 aromatic rings. The van der Waals surface area contributed by atoms with Gasteiger partial charge in [0, 0.05) is 18.7 Å². The number of aromatic nitrogens is 1. The van der Waals surface area contributed by atoms with Crippen molar-refractivity contribution >= 4 is 17.4 Å². The van der Waals surface area contributed by atoms with Gasteiger partial charge >= 0.3 is 5.69 Å². The van der Waals surface area contributed by atoms with Gasteiger partial charge in [-0.1, -0.05) is 56.3 Å². The number of amides is 1. The maximum Gasteiger partial charge on any atom is 0.312 e. The second-order valence-corrected chi connectivity index (χ2v) is 7.87. The van der Waals surface area contributed by atoms with Crippen molar-refractivity contribution in [3.05, 3.63) is 88.1 Å². The molecule has 0 fully saturated rings. The number of hydrogen-bond donors (Lipinski definition) is 0. The lowest BCUT2D eigenvalue weighted by Crippen LogP contribution is -2.31. The third-order valence-electron chi connectivity index (χ3n) is 5.11. The van der Waals surface area contributed by atoms with Crippen molar-refractivity contribution in [1.82, 2.24) is 4.98 Å². The number of carbonyl (C=O) groups excluding carboxylic acids is 1. The highest BCUT2D eigenvalue weighted by Crippen LogP contribution is 2.29. The molecule has 2 aromatic carbocycles. The van der Waals surface area contributed by atoms with Crippen LogP contribution in [-0.4, -0.2) is 15.8 Å². The monoisotopic (exact) mass is 428 g/mol. The normalized spacial score (nSPS) is 10.6. The highest BCUT2D eigenvalue weighted by molar-refractivity contribution is 5.94. The minimum Gasteiger partial charge on any atom is -0.287 e. The zero-order valence-corrected chi connectivity index (χ0v) is 18.1. The number of rotatable bonds is 8. The molecule has 7 nitrogen and oxygen atoms in total. The molecule has 0 saturated heterocycles. The zero-order valence-electron chi connectivity index (χ0n) is 18.1. The third kappa shape index (κ3) is 5.35. The van der Waals surface area contributed by atoms with Crippen molar-refractivity contribution in [1.29, 1.82) is 5.26 Å². The van der Waals surface area contributed by atoms with Crippen LogP contribution in [0.2, 0.25) is 0 Å². The van der Waals surface area contributed by atoms with Gasteiger partial charge in [-0.3, -0.25) is 19.8 Å². The lowest BCUT2D eigenvalue weighted by Gasteiger charge is -2.22. The number of hydrogen-bond acceptors (Lipinski definition) is 5. The minimum atomic E-state index is -0.521. The van der Waals surface area contributed by atoms with E-state index in [4.69, 9.17) is 0 Å². The molecule has 0 aliphatic rings. The summed E-state index contributed by atoms with van der Waals surface area (Å²) in [5.74, 6) is 0.170. The average Bonchev–Trinajstić information content (AvgIpc) is 2.81. The number of carbonyl (C=O) groups is 1. The first-order chi connectivity index (χ1) is 15.4. The van der Waals surface area contributed by atoms with Crippen LogP contribution in [0.1, 0.15) is 37.8 Å². The van der Waals surface area contributed by atoms with Gasteiger partial charge in [-0.2, -0.15) is 5.26 Å². The van der Waals surface area contributed by atoms with Crippen molar-refractivity contribution in [2.24, 2.45) is 5.92 Å². The van der Waals surface area contributed by atoms with Gasteiger partial charge in [0.15, 0.2) is 0 Å². The lowest BCUT2D eigenvalue weighted by atomic mass is 9.99. The summed E-state index contributed by atoms with van der Waals surface area (Å²) in [6.45, 7) is 4.21. The van der Waals surface area contributed by atoms with E-state index >= 15 is 0 Å². The first-order valence-corrected chi connectivity index (χ1v) is 10.4. The van der Waals surface area contributed by atoms with Crippen LogP contribution in [0.3, 0.4) is 0 Å². The van der Waals surface area contributed by atoms with Gasteiger partial charge in [0.2, 0.25) is 11.7 Å². The molecule has 0 N–H and O–H groups in total. The van der Waals surface area contributed by atoms with Crippen LogP contribution in [-0.2, 0) is 11.3 Å². The number of benzene rings is 2. The number of nitro groups is 1. The number of anilines is 1. The second kappa shape index (κ2) is 10.3. The third-order valence-corrected chi connectivity index (χ3v) is 5.11. The van der Waals surface area contributed by atoms with E-state index < -0.39 is 4.92 Å². The van der Waals surface area contributed by atoms with E-state index in [9.17, 15) is 20.2 Å². The van der Waals surface area contributed by atoms with Gasteiger partial charge in [-0.15, -0.1) is 0 Å². The second-order valence-electron chi connectivity index (χ2n) is 7.87. The molecule has 162 valence electrons. The molecule has 0 unspecified atom stereocenters. The minimum absolute atomic E-state index is 0.0464. The first kappa shape index (κ1) is 22.6. The van der Waals surface area contributed by atoms with Crippen LogP contribution in [0, 0.1) is 27.4 Å². The first-order valence-electron chi connectivity index (χ1n) is 10.4. The summed E-state index contributed by atoms with van der Waals surface area (Å²) < 4.78 is 0.